The molecule has 1 aromatic heterocycles. The Hall–Kier alpha value is -1.75. The fourth-order valence-corrected chi connectivity index (χ4v) is 2.17. The van der Waals surface area contributed by atoms with Crippen LogP contribution in [0.25, 0.3) is 11.4 Å². The van der Waals surface area contributed by atoms with Crippen LogP contribution in [0, 0.1) is 12.7 Å². The molecule has 18 heavy (non-hydrogen) atoms. The molecule has 1 aliphatic rings. The van der Waals surface area contributed by atoms with Crippen LogP contribution in [0.4, 0.5) is 4.39 Å². The van der Waals surface area contributed by atoms with Gasteiger partial charge in [-0.15, -0.1) is 0 Å². The van der Waals surface area contributed by atoms with Crippen molar-refractivity contribution in [3.63, 3.8) is 0 Å². The van der Waals surface area contributed by atoms with E-state index in [0.29, 0.717) is 23.2 Å². The van der Waals surface area contributed by atoms with Gasteiger partial charge in [0.2, 0.25) is 11.7 Å². The molecule has 1 saturated heterocycles. The lowest BCUT2D eigenvalue weighted by Gasteiger charge is -1.99. The quantitative estimate of drug-likeness (QED) is 0.884. The van der Waals surface area contributed by atoms with Crippen molar-refractivity contribution in [2.75, 3.05) is 13.1 Å². The molecular formula is C13H14FN3O. The van der Waals surface area contributed by atoms with Crippen molar-refractivity contribution >= 4 is 0 Å². The molecule has 0 unspecified atom stereocenters. The number of hydrogen-bond donors (Lipinski definition) is 1. The van der Waals surface area contributed by atoms with Gasteiger partial charge in [-0.1, -0.05) is 5.16 Å². The van der Waals surface area contributed by atoms with Crippen LogP contribution in [0.1, 0.15) is 23.8 Å². The lowest BCUT2D eigenvalue weighted by molar-refractivity contribution is 0.359. The fraction of sp³-hybridized carbons (Fsp3) is 0.385. The molecule has 94 valence electrons. The zero-order valence-corrected chi connectivity index (χ0v) is 10.1. The number of rotatable bonds is 2. The minimum atomic E-state index is -0.220. The smallest absolute Gasteiger partial charge is 0.231 e. The highest BCUT2D eigenvalue weighted by molar-refractivity contribution is 5.55. The monoisotopic (exact) mass is 247 g/mol. The van der Waals surface area contributed by atoms with Crippen LogP contribution in [-0.2, 0) is 0 Å². The average molecular weight is 247 g/mol. The SMILES string of the molecule is Cc1cc(-c2noc([C@@H]3CCNC3)n2)ccc1F. The zero-order valence-electron chi connectivity index (χ0n) is 10.1. The largest absolute Gasteiger partial charge is 0.339 e. The van der Waals surface area contributed by atoms with Crippen LogP contribution in [0.2, 0.25) is 0 Å². The van der Waals surface area contributed by atoms with Gasteiger partial charge < -0.3 is 9.84 Å². The maximum absolute atomic E-state index is 13.2. The third-order valence-electron chi connectivity index (χ3n) is 3.27. The van der Waals surface area contributed by atoms with E-state index < -0.39 is 0 Å². The molecule has 2 aromatic rings. The Bertz CT molecular complexity index is 561. The second-order valence-electron chi connectivity index (χ2n) is 4.61. The van der Waals surface area contributed by atoms with Crippen LogP contribution in [0.15, 0.2) is 22.7 Å². The Morgan fingerprint density at radius 2 is 2.33 bits per heavy atom. The van der Waals surface area contributed by atoms with Crippen molar-refractivity contribution in [2.45, 2.75) is 19.3 Å². The molecule has 1 atom stereocenters. The Morgan fingerprint density at radius 3 is 3.06 bits per heavy atom. The lowest BCUT2D eigenvalue weighted by atomic mass is 10.1. The maximum Gasteiger partial charge on any atom is 0.231 e. The van der Waals surface area contributed by atoms with Gasteiger partial charge in [-0.05, 0) is 43.7 Å². The van der Waals surface area contributed by atoms with E-state index in [9.17, 15) is 4.39 Å². The van der Waals surface area contributed by atoms with Gasteiger partial charge >= 0.3 is 0 Å². The maximum atomic E-state index is 13.2. The molecule has 0 aliphatic carbocycles. The summed E-state index contributed by atoms with van der Waals surface area (Å²) in [5.74, 6) is 1.27. The second-order valence-corrected chi connectivity index (χ2v) is 4.61. The topological polar surface area (TPSA) is 51.0 Å². The summed E-state index contributed by atoms with van der Waals surface area (Å²) in [4.78, 5) is 4.39. The van der Waals surface area contributed by atoms with Crippen molar-refractivity contribution < 1.29 is 8.91 Å². The predicted molar refractivity (Wildman–Crippen MR) is 64.7 cm³/mol. The molecule has 3 rings (SSSR count). The van der Waals surface area contributed by atoms with Crippen molar-refractivity contribution in [1.82, 2.24) is 15.5 Å². The number of halogens is 1. The lowest BCUT2D eigenvalue weighted by Crippen LogP contribution is -2.08. The third-order valence-corrected chi connectivity index (χ3v) is 3.27. The van der Waals surface area contributed by atoms with Gasteiger partial charge in [-0.2, -0.15) is 4.98 Å². The second kappa shape index (κ2) is 4.49. The molecule has 1 aliphatic heterocycles. The summed E-state index contributed by atoms with van der Waals surface area (Å²) in [5.41, 5.74) is 1.37. The van der Waals surface area contributed by atoms with Gasteiger partial charge in [0, 0.05) is 12.1 Å². The van der Waals surface area contributed by atoms with Crippen molar-refractivity contribution in [3.05, 3.63) is 35.5 Å². The normalized spacial score (nSPS) is 19.3. The highest BCUT2D eigenvalue weighted by atomic mass is 19.1. The molecule has 0 spiro atoms. The number of benzene rings is 1. The van der Waals surface area contributed by atoms with Crippen LogP contribution in [-0.4, -0.2) is 23.2 Å². The summed E-state index contributed by atoms with van der Waals surface area (Å²) in [5, 5.41) is 7.22. The first-order chi connectivity index (χ1) is 8.74. The van der Waals surface area contributed by atoms with E-state index in [0.717, 1.165) is 25.1 Å². The molecule has 1 aromatic carbocycles. The van der Waals surface area contributed by atoms with E-state index in [-0.39, 0.29) is 5.82 Å². The minimum Gasteiger partial charge on any atom is -0.339 e. The summed E-state index contributed by atoms with van der Waals surface area (Å²) in [6.45, 7) is 3.59. The van der Waals surface area contributed by atoms with E-state index in [2.05, 4.69) is 15.5 Å². The predicted octanol–water partition coefficient (Wildman–Crippen LogP) is 2.26. The summed E-state index contributed by atoms with van der Waals surface area (Å²) < 4.78 is 18.5. The number of aryl methyl sites for hydroxylation is 1. The summed E-state index contributed by atoms with van der Waals surface area (Å²) in [6, 6.07) is 4.83. The molecule has 4 nitrogen and oxygen atoms in total. The Balaban J connectivity index is 1.89. The summed E-state index contributed by atoms with van der Waals surface area (Å²) in [7, 11) is 0. The molecule has 1 fully saturated rings. The summed E-state index contributed by atoms with van der Waals surface area (Å²) >= 11 is 0. The van der Waals surface area contributed by atoms with Gasteiger partial charge in [0.1, 0.15) is 5.82 Å². The van der Waals surface area contributed by atoms with Crippen LogP contribution in [0.5, 0.6) is 0 Å². The van der Waals surface area contributed by atoms with E-state index in [1.807, 2.05) is 0 Å². The van der Waals surface area contributed by atoms with Crippen molar-refractivity contribution in [2.24, 2.45) is 0 Å². The molecule has 1 N–H and O–H groups in total. The highest BCUT2D eigenvalue weighted by Crippen LogP contribution is 2.24. The first kappa shape index (κ1) is 11.3. The first-order valence-electron chi connectivity index (χ1n) is 6.05. The number of aromatic nitrogens is 2. The highest BCUT2D eigenvalue weighted by Gasteiger charge is 2.23. The van der Waals surface area contributed by atoms with Crippen molar-refractivity contribution in [3.8, 4) is 11.4 Å². The third kappa shape index (κ3) is 2.01. The molecule has 0 amide bonds. The van der Waals surface area contributed by atoms with E-state index >= 15 is 0 Å². The van der Waals surface area contributed by atoms with Gasteiger partial charge in [-0.25, -0.2) is 4.39 Å². The molecule has 0 radical (unpaired) electrons. The van der Waals surface area contributed by atoms with Gasteiger partial charge in [0.05, 0.1) is 5.92 Å². The Morgan fingerprint density at radius 1 is 1.44 bits per heavy atom. The van der Waals surface area contributed by atoms with Crippen molar-refractivity contribution in [1.29, 1.82) is 0 Å². The van der Waals surface area contributed by atoms with E-state index in [1.54, 1.807) is 19.1 Å². The van der Waals surface area contributed by atoms with Crippen LogP contribution in [0.3, 0.4) is 0 Å². The Labute approximate surface area is 104 Å². The average Bonchev–Trinajstić information content (AvgIpc) is 3.01. The zero-order chi connectivity index (χ0) is 12.5. The minimum absolute atomic E-state index is 0.220. The molecule has 5 heteroatoms. The number of hydrogen-bond acceptors (Lipinski definition) is 4. The van der Waals surface area contributed by atoms with Gasteiger partial charge in [0.25, 0.3) is 0 Å². The molecule has 0 saturated carbocycles. The van der Waals surface area contributed by atoms with E-state index in [4.69, 9.17) is 4.52 Å². The summed E-state index contributed by atoms with van der Waals surface area (Å²) in [6.07, 6.45) is 1.02. The Kier molecular flexibility index (Phi) is 2.83. The van der Waals surface area contributed by atoms with Gasteiger partial charge in [0.15, 0.2) is 0 Å². The number of nitrogens with zero attached hydrogens (tertiary/aromatic N) is 2. The van der Waals surface area contributed by atoms with E-state index in [1.165, 1.54) is 6.07 Å². The first-order valence-corrected chi connectivity index (χ1v) is 6.05. The van der Waals surface area contributed by atoms with Gasteiger partial charge in [-0.3, -0.25) is 0 Å². The van der Waals surface area contributed by atoms with Crippen LogP contribution < -0.4 is 5.32 Å². The molecular weight excluding hydrogens is 233 g/mol. The van der Waals surface area contributed by atoms with Crippen LogP contribution >= 0.6 is 0 Å². The fourth-order valence-electron chi connectivity index (χ4n) is 2.17. The molecule has 2 heterocycles. The standard InChI is InChI=1S/C13H14FN3O/c1-8-6-9(2-3-11(8)14)12-16-13(18-17-12)10-4-5-15-7-10/h2-3,6,10,15H,4-5,7H2,1H3/t10-/m1/s1. The number of nitrogens with one attached hydrogen (secondary N) is 1. The molecule has 0 bridgehead atoms.